The van der Waals surface area contributed by atoms with Gasteiger partial charge in [0.05, 0.1) is 5.60 Å². The van der Waals surface area contributed by atoms with Gasteiger partial charge in [-0.2, -0.15) is 0 Å². The highest BCUT2D eigenvalue weighted by molar-refractivity contribution is 9.10. The highest BCUT2D eigenvalue weighted by Crippen LogP contribution is 2.31. The molecule has 0 aliphatic carbocycles. The van der Waals surface area contributed by atoms with Crippen LogP contribution in [-0.2, 0) is 12.0 Å². The van der Waals surface area contributed by atoms with Gasteiger partial charge in [0.1, 0.15) is 5.82 Å². The lowest BCUT2D eigenvalue weighted by Gasteiger charge is -2.25. The van der Waals surface area contributed by atoms with Crippen LogP contribution in [-0.4, -0.2) is 5.11 Å². The summed E-state index contributed by atoms with van der Waals surface area (Å²) < 4.78 is 14.6. The zero-order valence-corrected chi connectivity index (χ0v) is 12.7. The minimum Gasteiger partial charge on any atom is -0.385 e. The molecular formula is C15H13BrClFO. The van der Waals surface area contributed by atoms with E-state index >= 15 is 0 Å². The van der Waals surface area contributed by atoms with Gasteiger partial charge in [-0.05, 0) is 30.7 Å². The summed E-state index contributed by atoms with van der Waals surface area (Å²) in [6.07, 6.45) is 0.250. The number of halogens is 3. The van der Waals surface area contributed by atoms with Crippen molar-refractivity contribution in [3.63, 3.8) is 0 Å². The molecule has 1 unspecified atom stereocenters. The van der Waals surface area contributed by atoms with Crippen molar-refractivity contribution in [2.75, 3.05) is 0 Å². The SMILES string of the molecule is CC(O)(Cc1ccc(Br)cc1Cl)c1ccccc1F. The van der Waals surface area contributed by atoms with Crippen LogP contribution < -0.4 is 0 Å². The van der Waals surface area contributed by atoms with Crippen molar-refractivity contribution in [3.8, 4) is 0 Å². The molecule has 2 rings (SSSR count). The van der Waals surface area contributed by atoms with Crippen molar-refractivity contribution in [1.29, 1.82) is 0 Å². The van der Waals surface area contributed by atoms with Gasteiger partial charge in [0.25, 0.3) is 0 Å². The third-order valence-electron chi connectivity index (χ3n) is 3.00. The first-order valence-electron chi connectivity index (χ1n) is 5.81. The van der Waals surface area contributed by atoms with E-state index in [0.29, 0.717) is 5.02 Å². The Morgan fingerprint density at radius 2 is 1.95 bits per heavy atom. The van der Waals surface area contributed by atoms with E-state index in [-0.39, 0.29) is 12.0 Å². The lowest BCUT2D eigenvalue weighted by molar-refractivity contribution is 0.0538. The Hall–Kier alpha value is -0.900. The van der Waals surface area contributed by atoms with E-state index in [1.165, 1.54) is 6.07 Å². The molecule has 0 saturated carbocycles. The van der Waals surface area contributed by atoms with Gasteiger partial charge >= 0.3 is 0 Å². The van der Waals surface area contributed by atoms with E-state index in [4.69, 9.17) is 11.6 Å². The normalized spacial score (nSPS) is 14.2. The van der Waals surface area contributed by atoms with E-state index < -0.39 is 11.4 Å². The van der Waals surface area contributed by atoms with Gasteiger partial charge in [-0.1, -0.05) is 51.8 Å². The van der Waals surface area contributed by atoms with Crippen LogP contribution in [0, 0.1) is 5.82 Å². The quantitative estimate of drug-likeness (QED) is 0.857. The first-order valence-corrected chi connectivity index (χ1v) is 6.98. The number of hydrogen-bond acceptors (Lipinski definition) is 1. The monoisotopic (exact) mass is 342 g/mol. The predicted molar refractivity (Wildman–Crippen MR) is 78.8 cm³/mol. The fourth-order valence-corrected chi connectivity index (χ4v) is 2.77. The van der Waals surface area contributed by atoms with Crippen molar-refractivity contribution in [2.24, 2.45) is 0 Å². The Morgan fingerprint density at radius 3 is 2.58 bits per heavy atom. The summed E-state index contributed by atoms with van der Waals surface area (Å²) >= 11 is 9.45. The first kappa shape index (κ1) is 14.5. The fraction of sp³-hybridized carbons (Fsp3) is 0.200. The summed E-state index contributed by atoms with van der Waals surface area (Å²) in [6, 6.07) is 11.7. The van der Waals surface area contributed by atoms with Gasteiger partial charge in [0.15, 0.2) is 0 Å². The van der Waals surface area contributed by atoms with Crippen LogP contribution in [0.4, 0.5) is 4.39 Å². The minimum atomic E-state index is -1.30. The van der Waals surface area contributed by atoms with Crippen LogP contribution in [0.3, 0.4) is 0 Å². The summed E-state index contributed by atoms with van der Waals surface area (Å²) in [7, 11) is 0. The van der Waals surface area contributed by atoms with Crippen molar-refractivity contribution >= 4 is 27.5 Å². The van der Waals surface area contributed by atoms with Crippen molar-refractivity contribution in [3.05, 3.63) is 68.9 Å². The number of rotatable bonds is 3. The summed E-state index contributed by atoms with van der Waals surface area (Å²) in [5.41, 5.74) is -0.255. The standard InChI is InChI=1S/C15H13BrClFO/c1-15(19,12-4-2-3-5-14(12)18)9-10-6-7-11(16)8-13(10)17/h2-8,19H,9H2,1H3. The van der Waals surface area contributed by atoms with Crippen LogP contribution in [0.15, 0.2) is 46.9 Å². The van der Waals surface area contributed by atoms with Crippen LogP contribution in [0.25, 0.3) is 0 Å². The largest absolute Gasteiger partial charge is 0.385 e. The number of aliphatic hydroxyl groups is 1. The van der Waals surface area contributed by atoms with E-state index in [0.717, 1.165) is 10.0 Å². The summed E-state index contributed by atoms with van der Waals surface area (Å²) in [6.45, 7) is 1.59. The van der Waals surface area contributed by atoms with Crippen molar-refractivity contribution in [2.45, 2.75) is 18.9 Å². The average molecular weight is 344 g/mol. The molecule has 1 N–H and O–H groups in total. The molecule has 19 heavy (non-hydrogen) atoms. The molecule has 1 atom stereocenters. The van der Waals surface area contributed by atoms with Crippen molar-refractivity contribution in [1.82, 2.24) is 0 Å². The Bertz CT molecular complexity index is 598. The predicted octanol–water partition coefficient (Wildman–Crippen LogP) is 4.69. The first-order chi connectivity index (χ1) is 8.90. The topological polar surface area (TPSA) is 20.2 Å². The van der Waals surface area contributed by atoms with Gasteiger partial charge in [0.2, 0.25) is 0 Å². The molecule has 1 nitrogen and oxygen atoms in total. The Balaban J connectivity index is 2.33. The minimum absolute atomic E-state index is 0.250. The van der Waals surface area contributed by atoms with Gasteiger partial charge in [-0.15, -0.1) is 0 Å². The maximum Gasteiger partial charge on any atom is 0.129 e. The smallest absolute Gasteiger partial charge is 0.129 e. The van der Waals surface area contributed by atoms with E-state index in [9.17, 15) is 9.50 Å². The summed E-state index contributed by atoms with van der Waals surface area (Å²) in [4.78, 5) is 0. The molecule has 100 valence electrons. The van der Waals surface area contributed by atoms with Gasteiger partial charge in [0, 0.05) is 21.5 Å². The molecule has 0 aliphatic heterocycles. The molecule has 0 saturated heterocycles. The summed E-state index contributed by atoms with van der Waals surface area (Å²) in [5.74, 6) is -0.416. The second kappa shape index (κ2) is 5.61. The van der Waals surface area contributed by atoms with Crippen LogP contribution in [0.5, 0.6) is 0 Å². The molecule has 0 bridgehead atoms. The van der Waals surface area contributed by atoms with Gasteiger partial charge in [-0.25, -0.2) is 4.39 Å². The molecule has 0 aliphatic rings. The lowest BCUT2D eigenvalue weighted by atomic mass is 9.89. The second-order valence-corrected chi connectivity index (χ2v) is 5.99. The zero-order valence-electron chi connectivity index (χ0n) is 10.3. The van der Waals surface area contributed by atoms with Crippen LogP contribution in [0.2, 0.25) is 5.02 Å². The zero-order chi connectivity index (χ0) is 14.0. The molecule has 0 amide bonds. The Kier molecular flexibility index (Phi) is 4.29. The number of hydrogen-bond donors (Lipinski definition) is 1. The molecule has 0 aromatic heterocycles. The van der Waals surface area contributed by atoms with Crippen LogP contribution >= 0.6 is 27.5 Å². The number of benzene rings is 2. The molecule has 0 heterocycles. The fourth-order valence-electron chi connectivity index (χ4n) is 2.03. The Labute approximate surface area is 125 Å². The third kappa shape index (κ3) is 3.35. The lowest BCUT2D eigenvalue weighted by Crippen LogP contribution is -2.25. The van der Waals surface area contributed by atoms with E-state index in [1.54, 1.807) is 31.2 Å². The highest BCUT2D eigenvalue weighted by Gasteiger charge is 2.27. The average Bonchev–Trinajstić information content (AvgIpc) is 2.33. The molecule has 0 spiro atoms. The van der Waals surface area contributed by atoms with Gasteiger partial charge < -0.3 is 5.11 Å². The van der Waals surface area contributed by atoms with Crippen LogP contribution in [0.1, 0.15) is 18.1 Å². The summed E-state index contributed by atoms with van der Waals surface area (Å²) in [5, 5.41) is 11.1. The third-order valence-corrected chi connectivity index (χ3v) is 3.85. The molecule has 2 aromatic carbocycles. The Morgan fingerprint density at radius 1 is 1.26 bits per heavy atom. The maximum absolute atomic E-state index is 13.8. The molecule has 4 heteroatoms. The molecule has 0 fully saturated rings. The molecular weight excluding hydrogens is 331 g/mol. The second-order valence-electron chi connectivity index (χ2n) is 4.67. The van der Waals surface area contributed by atoms with Gasteiger partial charge in [-0.3, -0.25) is 0 Å². The maximum atomic E-state index is 13.8. The molecule has 0 radical (unpaired) electrons. The van der Waals surface area contributed by atoms with E-state index in [1.807, 2.05) is 12.1 Å². The highest BCUT2D eigenvalue weighted by atomic mass is 79.9. The molecule has 2 aromatic rings. The van der Waals surface area contributed by atoms with E-state index in [2.05, 4.69) is 15.9 Å². The van der Waals surface area contributed by atoms with Crippen molar-refractivity contribution < 1.29 is 9.50 Å².